The summed E-state index contributed by atoms with van der Waals surface area (Å²) in [6.07, 6.45) is 3.69. The van der Waals surface area contributed by atoms with Crippen LogP contribution in [0.1, 0.15) is 12.5 Å². The highest BCUT2D eigenvalue weighted by Crippen LogP contribution is 2.68. The second-order valence-electron chi connectivity index (χ2n) is 3.37. The van der Waals surface area contributed by atoms with Crippen molar-refractivity contribution in [1.82, 2.24) is 0 Å². The van der Waals surface area contributed by atoms with E-state index in [9.17, 15) is 4.57 Å². The minimum atomic E-state index is -2.47. The Morgan fingerprint density at radius 1 is 1.28 bits per heavy atom. The van der Waals surface area contributed by atoms with Crippen LogP contribution in [0.4, 0.5) is 0 Å². The summed E-state index contributed by atoms with van der Waals surface area (Å²) < 4.78 is 17.7. The number of halogens is 1. The molecule has 2 nitrogen and oxygen atoms in total. The van der Waals surface area contributed by atoms with Crippen LogP contribution in [-0.2, 0) is 10.3 Å². The summed E-state index contributed by atoms with van der Waals surface area (Å²) in [4.78, 5) is 0. The Labute approximate surface area is 135 Å². The summed E-state index contributed by atoms with van der Waals surface area (Å²) >= 11 is 6.62. The third-order valence-corrected chi connectivity index (χ3v) is 11.3. The van der Waals surface area contributed by atoms with Gasteiger partial charge in [-0.2, -0.15) is 0 Å². The molecule has 1 aromatic rings. The Morgan fingerprint density at radius 3 is 2.33 bits per heavy atom. The first-order chi connectivity index (χ1) is 8.49. The molecule has 0 spiro atoms. The number of nitrogens with zero attached hydrogens (tertiary/aromatic N) is 1. The average molecular weight is 431 g/mol. The highest BCUT2D eigenvalue weighted by atomic mass is 127. The molecule has 0 fully saturated rings. The number of benzene rings is 1. The molecule has 0 radical (unpaired) electrons. The van der Waals surface area contributed by atoms with E-state index < -0.39 is 5.70 Å². The lowest BCUT2D eigenvalue weighted by Crippen LogP contribution is -1.87. The summed E-state index contributed by atoms with van der Waals surface area (Å²) in [6, 6.07) is 8.42. The van der Waals surface area contributed by atoms with Crippen LogP contribution in [-0.4, -0.2) is 17.6 Å². The zero-order chi connectivity index (χ0) is 13.6. The van der Waals surface area contributed by atoms with Crippen molar-refractivity contribution in [3.05, 3.63) is 33.4 Å². The molecule has 18 heavy (non-hydrogen) atoms. The van der Waals surface area contributed by atoms with Gasteiger partial charge < -0.3 is 0 Å². The lowest BCUT2D eigenvalue weighted by molar-refractivity contribution is 0.595. The molecule has 0 saturated heterocycles. The van der Waals surface area contributed by atoms with Crippen LogP contribution < -0.4 is 0 Å². The van der Waals surface area contributed by atoms with Gasteiger partial charge in [0.25, 0.3) is 5.70 Å². The highest BCUT2D eigenvalue weighted by Gasteiger charge is 2.17. The van der Waals surface area contributed by atoms with Gasteiger partial charge in [0.2, 0.25) is 0 Å². The van der Waals surface area contributed by atoms with Gasteiger partial charge >= 0.3 is 0 Å². The molecule has 0 unspecified atom stereocenters. The van der Waals surface area contributed by atoms with Crippen molar-refractivity contribution >= 4 is 67.9 Å². The molecule has 0 N–H and O–H groups in total. The van der Waals surface area contributed by atoms with E-state index in [-0.39, 0.29) is 0 Å². The van der Waals surface area contributed by atoms with Gasteiger partial charge in [0.15, 0.2) is 0 Å². The molecule has 1 aromatic carbocycles. The van der Waals surface area contributed by atoms with Gasteiger partial charge in [-0.05, 0) is 59.7 Å². The lowest BCUT2D eigenvalue weighted by Gasteiger charge is -2.08. The Hall–Kier alpha value is 0.900. The van der Waals surface area contributed by atoms with E-state index in [0.717, 1.165) is 10.8 Å². The van der Waals surface area contributed by atoms with E-state index in [1.807, 2.05) is 19.4 Å². The van der Waals surface area contributed by atoms with Gasteiger partial charge in [0.1, 0.15) is 0 Å². The lowest BCUT2D eigenvalue weighted by atomic mass is 10.2. The predicted octanol–water partition coefficient (Wildman–Crippen LogP) is 5.78. The smallest absolute Gasteiger partial charge is 0.274 e. The number of thioether (sulfide) groups is 1. The van der Waals surface area contributed by atoms with Crippen molar-refractivity contribution in [1.29, 1.82) is 0 Å². The quantitative estimate of drug-likeness (QED) is 0.256. The van der Waals surface area contributed by atoms with Crippen molar-refractivity contribution in [2.24, 2.45) is 4.76 Å². The molecule has 0 aliphatic heterocycles. The van der Waals surface area contributed by atoms with Crippen LogP contribution >= 0.6 is 62.8 Å². The maximum atomic E-state index is 12.1. The van der Waals surface area contributed by atoms with Crippen LogP contribution in [0.5, 0.6) is 0 Å². The summed E-state index contributed by atoms with van der Waals surface area (Å²) in [7, 11) is 0. The van der Waals surface area contributed by atoms with Crippen LogP contribution in [0.2, 0.25) is 0 Å². The van der Waals surface area contributed by atoms with Crippen molar-refractivity contribution in [3.63, 3.8) is 0 Å². The molecule has 0 amide bonds. The van der Waals surface area contributed by atoms with Crippen LogP contribution in [0.25, 0.3) is 0 Å². The van der Waals surface area contributed by atoms with Crippen molar-refractivity contribution in [3.8, 4) is 0 Å². The molecule has 1 rings (SSSR count). The number of hydrogen-bond donors (Lipinski definition) is 0. The second-order valence-corrected chi connectivity index (χ2v) is 13.5. The third kappa shape index (κ3) is 5.90. The van der Waals surface area contributed by atoms with E-state index in [4.69, 9.17) is 0 Å². The first-order valence-electron chi connectivity index (χ1n) is 5.14. The molecular weight excluding hydrogens is 416 g/mol. The standard InChI is InChI=1S/C11H15INOPS3/c1-9(13-15(14,16-2)17-3)18-8-10-4-6-11(12)7-5-10/h4-7H,8H2,1-3H3. The van der Waals surface area contributed by atoms with Gasteiger partial charge in [0.05, 0.1) is 5.04 Å². The SMILES string of the molecule is CSP(=O)(N=C(C)SCc1ccc(I)cc1)SC. The monoisotopic (exact) mass is 431 g/mol. The number of hydrogen-bond acceptors (Lipinski definition) is 4. The van der Waals surface area contributed by atoms with Gasteiger partial charge in [-0.25, -0.2) is 4.76 Å². The molecule has 0 aliphatic carbocycles. The fourth-order valence-corrected chi connectivity index (χ4v) is 6.61. The minimum Gasteiger partial charge on any atom is -0.274 e. The Balaban J connectivity index is 2.60. The summed E-state index contributed by atoms with van der Waals surface area (Å²) in [5, 5.41) is 0.889. The highest BCUT2D eigenvalue weighted by molar-refractivity contribution is 14.1. The fraction of sp³-hybridized carbons (Fsp3) is 0.364. The van der Waals surface area contributed by atoms with Crippen LogP contribution in [0.3, 0.4) is 0 Å². The van der Waals surface area contributed by atoms with Gasteiger partial charge in [-0.1, -0.05) is 34.9 Å². The fourth-order valence-electron chi connectivity index (χ4n) is 1.13. The summed E-state index contributed by atoms with van der Waals surface area (Å²) in [6.45, 7) is 1.93. The van der Waals surface area contributed by atoms with Crippen molar-refractivity contribution < 1.29 is 4.57 Å². The van der Waals surface area contributed by atoms with Gasteiger partial charge in [0, 0.05) is 9.32 Å². The molecular formula is C11H15INOPS3. The third-order valence-electron chi connectivity index (χ3n) is 2.09. The van der Waals surface area contributed by atoms with Gasteiger partial charge in [-0.15, -0.1) is 11.8 Å². The molecule has 7 heteroatoms. The summed E-state index contributed by atoms with van der Waals surface area (Å²) in [5.41, 5.74) is -1.20. The Morgan fingerprint density at radius 2 is 1.83 bits per heavy atom. The molecule has 0 saturated carbocycles. The van der Waals surface area contributed by atoms with Gasteiger partial charge in [-0.3, -0.25) is 4.57 Å². The van der Waals surface area contributed by atoms with Crippen molar-refractivity contribution in [2.45, 2.75) is 12.7 Å². The topological polar surface area (TPSA) is 29.4 Å². The van der Waals surface area contributed by atoms with Crippen molar-refractivity contribution in [2.75, 3.05) is 12.5 Å². The second kappa shape index (κ2) is 8.25. The Bertz CT molecular complexity index is 456. The van der Waals surface area contributed by atoms with E-state index >= 15 is 0 Å². The van der Waals surface area contributed by atoms with E-state index in [2.05, 4.69) is 51.6 Å². The van der Waals surface area contributed by atoms with E-state index in [1.54, 1.807) is 11.8 Å². The average Bonchev–Trinajstić information content (AvgIpc) is 2.38. The molecule has 100 valence electrons. The summed E-state index contributed by atoms with van der Waals surface area (Å²) in [5.74, 6) is 0.870. The van der Waals surface area contributed by atoms with E-state index in [1.165, 1.54) is 31.9 Å². The van der Waals surface area contributed by atoms with Crippen LogP contribution in [0.15, 0.2) is 29.0 Å². The predicted molar refractivity (Wildman–Crippen MR) is 98.2 cm³/mol. The van der Waals surface area contributed by atoms with Crippen LogP contribution in [0, 0.1) is 3.57 Å². The minimum absolute atomic E-state index is 0.870. The largest absolute Gasteiger partial charge is 0.298 e. The normalized spacial score (nSPS) is 12.8. The Kier molecular flexibility index (Phi) is 7.77. The molecule has 0 bridgehead atoms. The van der Waals surface area contributed by atoms with E-state index in [0.29, 0.717) is 0 Å². The molecule has 0 aromatic heterocycles. The molecule has 0 atom stereocenters. The maximum absolute atomic E-state index is 12.1. The number of rotatable bonds is 5. The molecule has 0 heterocycles. The molecule has 0 aliphatic rings. The first-order valence-corrected chi connectivity index (χ1v) is 12.5. The first kappa shape index (κ1) is 17.0. The maximum Gasteiger partial charge on any atom is 0.298 e. The zero-order valence-electron chi connectivity index (χ0n) is 10.4. The zero-order valence-corrected chi connectivity index (χ0v) is 15.9.